The number of aromatic nitrogens is 2. The Hall–Kier alpha value is -2.91. The molecule has 0 aliphatic carbocycles. The van der Waals surface area contributed by atoms with Crippen LogP contribution in [0.3, 0.4) is 0 Å². The summed E-state index contributed by atoms with van der Waals surface area (Å²) in [5.41, 5.74) is 2.58. The van der Waals surface area contributed by atoms with Gasteiger partial charge in [0.1, 0.15) is 5.82 Å². The second kappa shape index (κ2) is 9.73. The average molecular weight is 449 g/mol. The zero-order valence-electron chi connectivity index (χ0n) is 16.2. The van der Waals surface area contributed by atoms with Crippen LogP contribution in [-0.4, -0.2) is 27.8 Å². The third-order valence-corrected chi connectivity index (χ3v) is 5.00. The number of nitrogens with zero attached hydrogens (tertiary/aromatic N) is 2. The number of anilines is 1. The number of nitrogens with one attached hydrogen (secondary N) is 2. The third-order valence-electron chi connectivity index (χ3n) is 3.87. The molecule has 2 N–H and O–H groups in total. The maximum Gasteiger partial charge on any atom is 0.277 e. The first kappa shape index (κ1) is 21.8. The van der Waals surface area contributed by atoms with Crippen molar-refractivity contribution in [3.05, 3.63) is 69.8 Å². The lowest BCUT2D eigenvalue weighted by Gasteiger charge is -2.06. The molecule has 0 bridgehead atoms. The standard InChI is InChI=1S/C20H18ClFN4O3S/c1-11-6-12(2)8-13(7-11)24-16(27)10-30-20-26-25-17(29-20)9-23-19(28)18-14(21)4-3-5-15(18)22/h3-8H,9-10H2,1-2H3,(H,23,28)(H,24,27). The van der Waals surface area contributed by atoms with Gasteiger partial charge < -0.3 is 15.1 Å². The van der Waals surface area contributed by atoms with Gasteiger partial charge in [0, 0.05) is 5.69 Å². The Kier molecular flexibility index (Phi) is 7.07. The van der Waals surface area contributed by atoms with Crippen LogP contribution in [0.4, 0.5) is 10.1 Å². The van der Waals surface area contributed by atoms with Crippen molar-refractivity contribution < 1.29 is 18.4 Å². The van der Waals surface area contributed by atoms with E-state index in [9.17, 15) is 14.0 Å². The zero-order valence-corrected chi connectivity index (χ0v) is 17.7. The van der Waals surface area contributed by atoms with Gasteiger partial charge in [0.2, 0.25) is 11.8 Å². The first-order valence-corrected chi connectivity index (χ1v) is 10.2. The van der Waals surface area contributed by atoms with Crippen LogP contribution >= 0.6 is 23.4 Å². The van der Waals surface area contributed by atoms with Gasteiger partial charge in [0.05, 0.1) is 22.9 Å². The molecular formula is C20H18ClFN4O3S. The Morgan fingerprint density at radius 2 is 1.90 bits per heavy atom. The van der Waals surface area contributed by atoms with Crippen LogP contribution in [0.2, 0.25) is 5.02 Å². The predicted octanol–water partition coefficient (Wildman–Crippen LogP) is 4.14. The Morgan fingerprint density at radius 1 is 1.17 bits per heavy atom. The molecule has 2 amide bonds. The Balaban J connectivity index is 1.50. The SMILES string of the molecule is Cc1cc(C)cc(NC(=O)CSc2nnc(CNC(=O)c3c(F)cccc3Cl)o2)c1. The minimum absolute atomic E-state index is 0.00379. The van der Waals surface area contributed by atoms with E-state index in [-0.39, 0.29) is 39.9 Å². The number of benzene rings is 2. The smallest absolute Gasteiger partial charge is 0.277 e. The number of amides is 2. The summed E-state index contributed by atoms with van der Waals surface area (Å²) in [4.78, 5) is 24.2. The summed E-state index contributed by atoms with van der Waals surface area (Å²) >= 11 is 6.93. The molecule has 0 spiro atoms. The number of thioether (sulfide) groups is 1. The predicted molar refractivity (Wildman–Crippen MR) is 112 cm³/mol. The molecule has 0 aliphatic rings. The number of hydrogen-bond acceptors (Lipinski definition) is 6. The van der Waals surface area contributed by atoms with Crippen LogP contribution in [0.15, 0.2) is 46.0 Å². The van der Waals surface area contributed by atoms with Gasteiger partial charge in [0.25, 0.3) is 11.1 Å². The molecule has 1 aromatic heterocycles. The molecular weight excluding hydrogens is 431 g/mol. The third kappa shape index (κ3) is 5.80. The van der Waals surface area contributed by atoms with Gasteiger partial charge in [-0.25, -0.2) is 4.39 Å². The van der Waals surface area contributed by atoms with Crippen molar-refractivity contribution >= 4 is 40.9 Å². The lowest BCUT2D eigenvalue weighted by Crippen LogP contribution is -2.24. The monoisotopic (exact) mass is 448 g/mol. The molecule has 0 saturated carbocycles. The Bertz CT molecular complexity index is 1050. The van der Waals surface area contributed by atoms with E-state index in [4.69, 9.17) is 16.0 Å². The Labute approximate surface area is 181 Å². The molecule has 30 heavy (non-hydrogen) atoms. The summed E-state index contributed by atoms with van der Waals surface area (Å²) in [6, 6.07) is 9.75. The molecule has 10 heteroatoms. The fraction of sp³-hybridized carbons (Fsp3) is 0.200. The summed E-state index contributed by atoms with van der Waals surface area (Å²) in [5, 5.41) is 13.1. The number of halogens is 2. The van der Waals surface area contributed by atoms with Gasteiger partial charge in [0.15, 0.2) is 0 Å². The highest BCUT2D eigenvalue weighted by molar-refractivity contribution is 7.99. The summed E-state index contributed by atoms with van der Waals surface area (Å²) in [6.07, 6.45) is 0. The van der Waals surface area contributed by atoms with Crippen LogP contribution in [0, 0.1) is 19.7 Å². The van der Waals surface area contributed by atoms with E-state index in [0.29, 0.717) is 0 Å². The van der Waals surface area contributed by atoms with Crippen molar-refractivity contribution in [3.8, 4) is 0 Å². The molecule has 0 fully saturated rings. The summed E-state index contributed by atoms with van der Waals surface area (Å²) in [5.74, 6) is -1.44. The summed E-state index contributed by atoms with van der Waals surface area (Å²) < 4.78 is 19.2. The van der Waals surface area contributed by atoms with Crippen molar-refractivity contribution in [1.82, 2.24) is 15.5 Å². The molecule has 0 aliphatic heterocycles. The highest BCUT2D eigenvalue weighted by Crippen LogP contribution is 2.20. The molecule has 3 aromatic rings. The molecule has 7 nitrogen and oxygen atoms in total. The van der Waals surface area contributed by atoms with Crippen LogP contribution in [0.5, 0.6) is 0 Å². The van der Waals surface area contributed by atoms with Crippen LogP contribution in [-0.2, 0) is 11.3 Å². The molecule has 1 heterocycles. The summed E-state index contributed by atoms with van der Waals surface area (Å²) in [6.45, 7) is 3.80. The van der Waals surface area contributed by atoms with Crippen LogP contribution in [0.25, 0.3) is 0 Å². The quantitative estimate of drug-likeness (QED) is 0.527. The lowest BCUT2D eigenvalue weighted by molar-refractivity contribution is -0.113. The minimum atomic E-state index is -0.725. The van der Waals surface area contributed by atoms with Crippen LogP contribution in [0.1, 0.15) is 27.4 Å². The van der Waals surface area contributed by atoms with Crippen molar-refractivity contribution in [2.24, 2.45) is 0 Å². The molecule has 0 atom stereocenters. The van der Waals surface area contributed by atoms with E-state index < -0.39 is 11.7 Å². The van der Waals surface area contributed by atoms with Gasteiger partial charge in [-0.15, -0.1) is 10.2 Å². The lowest BCUT2D eigenvalue weighted by atomic mass is 10.1. The molecule has 2 aromatic carbocycles. The van der Waals surface area contributed by atoms with Gasteiger partial charge in [-0.05, 0) is 49.2 Å². The van der Waals surface area contributed by atoms with Crippen molar-refractivity contribution in [2.75, 3.05) is 11.1 Å². The van der Waals surface area contributed by atoms with Gasteiger partial charge >= 0.3 is 0 Å². The number of aryl methyl sites for hydroxylation is 2. The van der Waals surface area contributed by atoms with E-state index in [1.165, 1.54) is 12.1 Å². The minimum Gasteiger partial charge on any atom is -0.414 e. The fourth-order valence-corrected chi connectivity index (χ4v) is 3.53. The first-order valence-electron chi connectivity index (χ1n) is 8.87. The fourth-order valence-electron chi connectivity index (χ4n) is 2.70. The molecule has 3 rings (SSSR count). The van der Waals surface area contributed by atoms with Crippen molar-refractivity contribution in [2.45, 2.75) is 25.6 Å². The number of rotatable bonds is 7. The van der Waals surface area contributed by atoms with E-state index in [0.717, 1.165) is 34.6 Å². The molecule has 156 valence electrons. The van der Waals surface area contributed by atoms with Gasteiger partial charge in [-0.2, -0.15) is 0 Å². The average Bonchev–Trinajstić information content (AvgIpc) is 3.12. The largest absolute Gasteiger partial charge is 0.414 e. The van der Waals surface area contributed by atoms with Gasteiger partial charge in [-0.1, -0.05) is 35.5 Å². The molecule has 0 saturated heterocycles. The second-order valence-electron chi connectivity index (χ2n) is 6.45. The zero-order chi connectivity index (χ0) is 21.7. The second-order valence-corrected chi connectivity index (χ2v) is 7.79. The Morgan fingerprint density at radius 3 is 2.60 bits per heavy atom. The van der Waals surface area contributed by atoms with Crippen LogP contribution < -0.4 is 10.6 Å². The van der Waals surface area contributed by atoms with E-state index in [1.54, 1.807) is 0 Å². The van der Waals surface area contributed by atoms with Crippen molar-refractivity contribution in [1.29, 1.82) is 0 Å². The number of carbonyl (C=O) groups is 2. The summed E-state index contributed by atoms with van der Waals surface area (Å²) in [7, 11) is 0. The van der Waals surface area contributed by atoms with E-state index in [2.05, 4.69) is 20.8 Å². The van der Waals surface area contributed by atoms with E-state index in [1.807, 2.05) is 32.0 Å². The van der Waals surface area contributed by atoms with Crippen molar-refractivity contribution in [3.63, 3.8) is 0 Å². The normalized spacial score (nSPS) is 10.7. The topological polar surface area (TPSA) is 97.1 Å². The molecule has 0 radical (unpaired) electrons. The number of hydrogen-bond donors (Lipinski definition) is 2. The highest BCUT2D eigenvalue weighted by atomic mass is 35.5. The van der Waals surface area contributed by atoms with E-state index >= 15 is 0 Å². The van der Waals surface area contributed by atoms with Gasteiger partial charge in [-0.3, -0.25) is 9.59 Å². The molecule has 0 unspecified atom stereocenters. The maximum absolute atomic E-state index is 13.8. The first-order chi connectivity index (χ1) is 14.3. The number of carbonyl (C=O) groups excluding carboxylic acids is 2. The maximum atomic E-state index is 13.8. The highest BCUT2D eigenvalue weighted by Gasteiger charge is 2.17.